The maximum Gasteiger partial charge on any atom is 0.232 e. The van der Waals surface area contributed by atoms with Gasteiger partial charge in [-0.3, -0.25) is 4.79 Å². The van der Waals surface area contributed by atoms with Gasteiger partial charge in [-0.05, 0) is 13.3 Å². The molecular formula is C9H15N3O2. The lowest BCUT2D eigenvalue weighted by atomic mass is 9.87. The summed E-state index contributed by atoms with van der Waals surface area (Å²) in [7, 11) is 0. The minimum absolute atomic E-state index is 0.128. The molecule has 0 radical (unpaired) electrons. The normalized spacial score (nSPS) is 14.8. The van der Waals surface area contributed by atoms with Crippen LogP contribution < -0.4 is 11.1 Å². The molecule has 78 valence electrons. The Morgan fingerprint density at radius 1 is 1.79 bits per heavy atom. The van der Waals surface area contributed by atoms with Gasteiger partial charge in [-0.15, -0.1) is 0 Å². The first-order valence-electron chi connectivity index (χ1n) is 4.54. The lowest BCUT2D eigenvalue weighted by Crippen LogP contribution is -2.39. The van der Waals surface area contributed by atoms with Crippen LogP contribution in [-0.2, 0) is 4.79 Å². The number of hydrogen-bond donors (Lipinski definition) is 2. The molecule has 1 aromatic heterocycles. The first kappa shape index (κ1) is 10.7. The van der Waals surface area contributed by atoms with Gasteiger partial charge in [0, 0.05) is 12.6 Å². The number of aromatic nitrogens is 1. The lowest BCUT2D eigenvalue weighted by Gasteiger charge is -2.23. The molecule has 1 heterocycles. The van der Waals surface area contributed by atoms with E-state index in [1.165, 1.54) is 6.26 Å². The number of nitrogens with zero attached hydrogens (tertiary/aromatic N) is 1. The molecule has 5 nitrogen and oxygen atoms in total. The Labute approximate surface area is 82.6 Å². The van der Waals surface area contributed by atoms with Crippen LogP contribution in [0.5, 0.6) is 0 Å². The first-order chi connectivity index (χ1) is 6.62. The van der Waals surface area contributed by atoms with Crippen molar-refractivity contribution in [1.29, 1.82) is 0 Å². The third-order valence-corrected chi connectivity index (χ3v) is 2.46. The monoisotopic (exact) mass is 197 g/mol. The topological polar surface area (TPSA) is 81.2 Å². The van der Waals surface area contributed by atoms with Crippen LogP contribution in [0.1, 0.15) is 20.3 Å². The zero-order valence-electron chi connectivity index (χ0n) is 8.41. The first-order valence-corrected chi connectivity index (χ1v) is 4.54. The molecule has 14 heavy (non-hydrogen) atoms. The summed E-state index contributed by atoms with van der Waals surface area (Å²) < 4.78 is 4.60. The third-order valence-electron chi connectivity index (χ3n) is 2.46. The number of nitrogens with two attached hydrogens (primary N) is 1. The van der Waals surface area contributed by atoms with Gasteiger partial charge in [-0.1, -0.05) is 12.1 Å². The van der Waals surface area contributed by atoms with E-state index in [2.05, 4.69) is 15.0 Å². The number of anilines is 1. The van der Waals surface area contributed by atoms with Crippen molar-refractivity contribution in [2.24, 2.45) is 11.1 Å². The molecule has 1 atom stereocenters. The molecule has 0 aliphatic carbocycles. The van der Waals surface area contributed by atoms with Gasteiger partial charge in [0.05, 0.1) is 5.41 Å². The maximum atomic E-state index is 11.7. The second-order valence-corrected chi connectivity index (χ2v) is 3.46. The van der Waals surface area contributed by atoms with Crippen LogP contribution in [-0.4, -0.2) is 17.6 Å². The molecule has 0 saturated carbocycles. The van der Waals surface area contributed by atoms with Gasteiger partial charge in [-0.2, -0.15) is 0 Å². The van der Waals surface area contributed by atoms with E-state index in [0.717, 1.165) is 0 Å². The molecule has 5 heteroatoms. The SMILES string of the molecule is CCC(C)(CN)C(=O)Nc1ccon1. The van der Waals surface area contributed by atoms with Crippen molar-refractivity contribution in [2.75, 3.05) is 11.9 Å². The molecule has 1 aromatic rings. The number of amides is 1. The quantitative estimate of drug-likeness (QED) is 0.754. The number of nitrogens with one attached hydrogen (secondary N) is 1. The number of carbonyl (C=O) groups excluding carboxylic acids is 1. The molecule has 3 N–H and O–H groups in total. The highest BCUT2D eigenvalue weighted by molar-refractivity contribution is 5.94. The van der Waals surface area contributed by atoms with Crippen LogP contribution in [0.4, 0.5) is 5.82 Å². The predicted molar refractivity (Wildman–Crippen MR) is 52.6 cm³/mol. The van der Waals surface area contributed by atoms with Gasteiger partial charge in [0.15, 0.2) is 5.82 Å². The van der Waals surface area contributed by atoms with E-state index in [0.29, 0.717) is 18.8 Å². The second-order valence-electron chi connectivity index (χ2n) is 3.46. The fourth-order valence-electron chi connectivity index (χ4n) is 0.942. The Bertz CT molecular complexity index is 291. The fourth-order valence-corrected chi connectivity index (χ4v) is 0.942. The Morgan fingerprint density at radius 2 is 2.50 bits per heavy atom. The van der Waals surface area contributed by atoms with Crippen molar-refractivity contribution in [1.82, 2.24) is 5.16 Å². The summed E-state index contributed by atoms with van der Waals surface area (Å²) >= 11 is 0. The average Bonchev–Trinajstić information content (AvgIpc) is 2.69. The molecule has 0 saturated heterocycles. The molecule has 0 aliphatic rings. The molecule has 0 fully saturated rings. The molecule has 0 spiro atoms. The summed E-state index contributed by atoms with van der Waals surface area (Å²) in [5, 5.41) is 6.23. The smallest absolute Gasteiger partial charge is 0.232 e. The molecular weight excluding hydrogens is 182 g/mol. The zero-order chi connectivity index (χ0) is 10.6. The Balaban J connectivity index is 2.66. The summed E-state index contributed by atoms with van der Waals surface area (Å²) in [6, 6.07) is 1.59. The lowest BCUT2D eigenvalue weighted by molar-refractivity contribution is -0.124. The number of rotatable bonds is 4. The van der Waals surface area contributed by atoms with Crippen molar-refractivity contribution in [3.05, 3.63) is 12.3 Å². The maximum absolute atomic E-state index is 11.7. The van der Waals surface area contributed by atoms with E-state index in [-0.39, 0.29) is 5.91 Å². The van der Waals surface area contributed by atoms with Crippen LogP contribution in [0.2, 0.25) is 0 Å². The average molecular weight is 197 g/mol. The predicted octanol–water partition coefficient (Wildman–Crippen LogP) is 0.988. The van der Waals surface area contributed by atoms with Crippen LogP contribution >= 0.6 is 0 Å². The molecule has 1 rings (SSSR count). The second kappa shape index (κ2) is 4.23. The highest BCUT2D eigenvalue weighted by Crippen LogP contribution is 2.21. The van der Waals surface area contributed by atoms with Gasteiger partial charge >= 0.3 is 0 Å². The van der Waals surface area contributed by atoms with E-state index in [1.807, 2.05) is 13.8 Å². The van der Waals surface area contributed by atoms with E-state index in [4.69, 9.17) is 5.73 Å². The number of hydrogen-bond acceptors (Lipinski definition) is 4. The van der Waals surface area contributed by atoms with Gasteiger partial charge in [-0.25, -0.2) is 0 Å². The van der Waals surface area contributed by atoms with E-state index in [9.17, 15) is 4.79 Å². The van der Waals surface area contributed by atoms with Crippen molar-refractivity contribution >= 4 is 11.7 Å². The van der Waals surface area contributed by atoms with Crippen LogP contribution in [0.25, 0.3) is 0 Å². The van der Waals surface area contributed by atoms with Crippen molar-refractivity contribution in [3.8, 4) is 0 Å². The van der Waals surface area contributed by atoms with E-state index < -0.39 is 5.41 Å². The van der Waals surface area contributed by atoms with Crippen LogP contribution in [0, 0.1) is 5.41 Å². The Kier molecular flexibility index (Phi) is 3.24. The minimum atomic E-state index is -0.543. The summed E-state index contributed by atoms with van der Waals surface area (Å²) in [5.41, 5.74) is 5.00. The molecule has 0 aromatic carbocycles. The largest absolute Gasteiger partial charge is 0.363 e. The van der Waals surface area contributed by atoms with E-state index >= 15 is 0 Å². The Morgan fingerprint density at radius 3 is 2.93 bits per heavy atom. The summed E-state index contributed by atoms with van der Waals surface area (Å²) in [6.45, 7) is 4.06. The van der Waals surface area contributed by atoms with Crippen molar-refractivity contribution in [2.45, 2.75) is 20.3 Å². The third kappa shape index (κ3) is 2.11. The summed E-state index contributed by atoms with van der Waals surface area (Å²) in [4.78, 5) is 11.7. The van der Waals surface area contributed by atoms with Gasteiger partial charge in [0.1, 0.15) is 6.26 Å². The van der Waals surface area contributed by atoms with Gasteiger partial charge in [0.25, 0.3) is 0 Å². The van der Waals surface area contributed by atoms with Crippen LogP contribution in [0.3, 0.4) is 0 Å². The molecule has 0 aliphatic heterocycles. The van der Waals surface area contributed by atoms with E-state index in [1.54, 1.807) is 6.07 Å². The zero-order valence-corrected chi connectivity index (χ0v) is 8.41. The van der Waals surface area contributed by atoms with Gasteiger partial charge < -0.3 is 15.6 Å². The number of carbonyl (C=O) groups is 1. The summed E-state index contributed by atoms with van der Waals surface area (Å²) in [6.07, 6.45) is 2.09. The van der Waals surface area contributed by atoms with Gasteiger partial charge in [0.2, 0.25) is 5.91 Å². The molecule has 1 amide bonds. The molecule has 1 unspecified atom stereocenters. The standard InChI is InChI=1S/C9H15N3O2/c1-3-9(2,6-10)8(13)11-7-4-5-14-12-7/h4-5H,3,6,10H2,1-2H3,(H,11,12,13). The fraction of sp³-hybridized carbons (Fsp3) is 0.556. The highest BCUT2D eigenvalue weighted by atomic mass is 16.5. The van der Waals surface area contributed by atoms with Crippen molar-refractivity contribution in [3.63, 3.8) is 0 Å². The minimum Gasteiger partial charge on any atom is -0.363 e. The Hall–Kier alpha value is -1.36. The van der Waals surface area contributed by atoms with Crippen molar-refractivity contribution < 1.29 is 9.32 Å². The summed E-state index contributed by atoms with van der Waals surface area (Å²) in [5.74, 6) is 0.291. The van der Waals surface area contributed by atoms with Crippen LogP contribution in [0.15, 0.2) is 16.9 Å². The molecule has 0 bridgehead atoms. The highest BCUT2D eigenvalue weighted by Gasteiger charge is 2.29.